The van der Waals surface area contributed by atoms with E-state index in [1.54, 1.807) is 10.9 Å². The Bertz CT molecular complexity index is 448. The van der Waals surface area contributed by atoms with Gasteiger partial charge in [-0.2, -0.15) is 5.10 Å². The molecule has 0 bridgehead atoms. The number of nitrogens with zero attached hydrogens (tertiary/aromatic N) is 2. The number of aromatic nitrogens is 2. The third-order valence-corrected chi connectivity index (χ3v) is 4.14. The van der Waals surface area contributed by atoms with Gasteiger partial charge >= 0.3 is 0 Å². The Kier molecular flexibility index (Phi) is 3.92. The van der Waals surface area contributed by atoms with Crippen molar-refractivity contribution in [3.8, 4) is 0 Å². The fourth-order valence-electron chi connectivity index (χ4n) is 2.53. The van der Waals surface area contributed by atoms with Gasteiger partial charge in [-0.05, 0) is 42.6 Å². The first-order valence-electron chi connectivity index (χ1n) is 6.46. The minimum atomic E-state index is -1.20. The minimum absolute atomic E-state index is 0.0995. The lowest BCUT2D eigenvalue weighted by Gasteiger charge is -2.30. The number of ketones is 1. The number of carbonyl (C=O) groups is 1. The van der Waals surface area contributed by atoms with E-state index in [4.69, 9.17) is 0 Å². The molecule has 0 aliphatic heterocycles. The average Bonchev–Trinajstić information content (AvgIpc) is 2.71. The zero-order valence-corrected chi connectivity index (χ0v) is 12.4. The van der Waals surface area contributed by atoms with Crippen LogP contribution in [0.5, 0.6) is 0 Å². The predicted octanol–water partition coefficient (Wildman–Crippen LogP) is 3.10. The molecule has 1 aromatic rings. The first-order chi connectivity index (χ1) is 8.46. The highest BCUT2D eigenvalue weighted by Crippen LogP contribution is 2.33. The lowest BCUT2D eigenvalue weighted by molar-refractivity contribution is 0.0105. The Balaban J connectivity index is 2.36. The van der Waals surface area contributed by atoms with Crippen LogP contribution in [-0.4, -0.2) is 26.3 Å². The van der Waals surface area contributed by atoms with Crippen LogP contribution in [0.1, 0.15) is 62.5 Å². The maximum Gasteiger partial charge on any atom is 0.213 e. The maximum atomic E-state index is 12.6. The predicted molar refractivity (Wildman–Crippen MR) is 72.7 cm³/mol. The van der Waals surface area contributed by atoms with E-state index < -0.39 is 5.60 Å². The normalized spacial score (nSPS) is 19.2. The van der Waals surface area contributed by atoms with E-state index in [1.807, 2.05) is 13.8 Å². The molecule has 18 heavy (non-hydrogen) atoms. The van der Waals surface area contributed by atoms with E-state index in [1.165, 1.54) is 0 Å². The van der Waals surface area contributed by atoms with Gasteiger partial charge in [0.2, 0.25) is 5.78 Å². The number of hydrogen-bond donors (Lipinski definition) is 1. The Labute approximate surface area is 116 Å². The molecule has 100 valence electrons. The highest BCUT2D eigenvalue weighted by molar-refractivity contribution is 9.10. The van der Waals surface area contributed by atoms with Crippen molar-refractivity contribution in [2.24, 2.45) is 0 Å². The van der Waals surface area contributed by atoms with E-state index in [9.17, 15) is 9.90 Å². The van der Waals surface area contributed by atoms with Crippen molar-refractivity contribution in [3.05, 3.63) is 16.4 Å². The van der Waals surface area contributed by atoms with Gasteiger partial charge in [-0.3, -0.25) is 9.48 Å². The quantitative estimate of drug-likeness (QED) is 0.872. The van der Waals surface area contributed by atoms with Crippen molar-refractivity contribution < 1.29 is 9.90 Å². The molecule has 5 heteroatoms. The van der Waals surface area contributed by atoms with Gasteiger partial charge in [-0.25, -0.2) is 0 Å². The summed E-state index contributed by atoms with van der Waals surface area (Å²) in [6, 6.07) is 0.0995. The third-order valence-electron chi connectivity index (χ3n) is 3.56. The molecular weight excluding hydrogens is 296 g/mol. The number of halogens is 1. The molecule has 0 radical (unpaired) electrons. The largest absolute Gasteiger partial charge is 0.382 e. The molecule has 1 saturated carbocycles. The Morgan fingerprint density at radius 2 is 2.06 bits per heavy atom. The zero-order chi connectivity index (χ0) is 13.3. The first-order valence-corrected chi connectivity index (χ1v) is 7.25. The van der Waals surface area contributed by atoms with Crippen molar-refractivity contribution in [3.63, 3.8) is 0 Å². The molecule has 1 aliphatic carbocycles. The molecule has 1 heterocycles. The number of carbonyl (C=O) groups excluding carboxylic acids is 1. The van der Waals surface area contributed by atoms with Crippen molar-refractivity contribution >= 4 is 21.7 Å². The number of Topliss-reactive ketones (excluding diaryl/α,β-unsaturated/α-hetero) is 1. The summed E-state index contributed by atoms with van der Waals surface area (Å²) >= 11 is 3.36. The summed E-state index contributed by atoms with van der Waals surface area (Å²) in [5.74, 6) is -0.194. The lowest BCUT2D eigenvalue weighted by atomic mass is 9.80. The second kappa shape index (κ2) is 5.13. The van der Waals surface area contributed by atoms with Crippen molar-refractivity contribution in [1.82, 2.24) is 9.78 Å². The van der Waals surface area contributed by atoms with Crippen molar-refractivity contribution in [2.45, 2.75) is 57.6 Å². The highest BCUT2D eigenvalue weighted by atomic mass is 79.9. The van der Waals surface area contributed by atoms with Crippen molar-refractivity contribution in [1.29, 1.82) is 0 Å². The fraction of sp³-hybridized carbons (Fsp3) is 0.692. The summed E-state index contributed by atoms with van der Waals surface area (Å²) in [7, 11) is 0. The molecule has 0 unspecified atom stereocenters. The molecule has 0 aromatic carbocycles. The van der Waals surface area contributed by atoms with E-state index in [2.05, 4.69) is 21.0 Å². The fourth-order valence-corrected chi connectivity index (χ4v) is 2.98. The second-order valence-corrected chi connectivity index (χ2v) is 6.16. The number of aliphatic hydroxyl groups is 1. The standard InChI is InChI=1S/C13H19BrN2O2/c1-9(2)16-11(10(14)8-15-16)12(17)13(18)6-4-3-5-7-13/h8-9,18H,3-7H2,1-2H3. The van der Waals surface area contributed by atoms with Crippen LogP contribution >= 0.6 is 15.9 Å². The van der Waals surface area contributed by atoms with Crippen LogP contribution in [0.15, 0.2) is 10.7 Å². The van der Waals surface area contributed by atoms with Crippen LogP contribution in [0.3, 0.4) is 0 Å². The Morgan fingerprint density at radius 3 is 2.61 bits per heavy atom. The molecule has 0 amide bonds. The summed E-state index contributed by atoms with van der Waals surface area (Å²) in [6.45, 7) is 3.95. The molecular formula is C13H19BrN2O2. The molecule has 4 nitrogen and oxygen atoms in total. The van der Waals surface area contributed by atoms with Crippen molar-refractivity contribution in [2.75, 3.05) is 0 Å². The van der Waals surface area contributed by atoms with Crippen LogP contribution in [-0.2, 0) is 0 Å². The van der Waals surface area contributed by atoms with Crippen LogP contribution in [0.25, 0.3) is 0 Å². The summed E-state index contributed by atoms with van der Waals surface area (Å²) in [4.78, 5) is 12.6. The van der Waals surface area contributed by atoms with Gasteiger partial charge in [0.1, 0.15) is 11.3 Å². The molecule has 0 spiro atoms. The topological polar surface area (TPSA) is 55.1 Å². The lowest BCUT2D eigenvalue weighted by Crippen LogP contribution is -2.41. The van der Waals surface area contributed by atoms with Crippen LogP contribution < -0.4 is 0 Å². The molecule has 2 rings (SSSR count). The molecule has 1 aliphatic rings. The van der Waals surface area contributed by atoms with E-state index in [0.29, 0.717) is 23.0 Å². The summed E-state index contributed by atoms with van der Waals surface area (Å²) in [6.07, 6.45) is 5.66. The van der Waals surface area contributed by atoms with Crippen LogP contribution in [0, 0.1) is 0 Å². The zero-order valence-electron chi connectivity index (χ0n) is 10.8. The summed E-state index contributed by atoms with van der Waals surface area (Å²) in [5.41, 5.74) is -0.706. The van der Waals surface area contributed by atoms with Gasteiger partial charge < -0.3 is 5.11 Å². The van der Waals surface area contributed by atoms with Crippen LogP contribution in [0.4, 0.5) is 0 Å². The monoisotopic (exact) mass is 314 g/mol. The molecule has 0 saturated heterocycles. The number of hydrogen-bond acceptors (Lipinski definition) is 3. The second-order valence-electron chi connectivity index (χ2n) is 5.30. The van der Waals surface area contributed by atoms with E-state index >= 15 is 0 Å². The molecule has 0 atom stereocenters. The molecule has 1 N–H and O–H groups in total. The Morgan fingerprint density at radius 1 is 1.44 bits per heavy atom. The van der Waals surface area contributed by atoms with Gasteiger partial charge in [0.15, 0.2) is 0 Å². The van der Waals surface area contributed by atoms with Gasteiger partial charge in [0.25, 0.3) is 0 Å². The average molecular weight is 315 g/mol. The molecule has 1 aromatic heterocycles. The van der Waals surface area contributed by atoms with Crippen LogP contribution in [0.2, 0.25) is 0 Å². The van der Waals surface area contributed by atoms with Gasteiger partial charge in [-0.1, -0.05) is 19.3 Å². The minimum Gasteiger partial charge on any atom is -0.382 e. The maximum absolute atomic E-state index is 12.6. The Hall–Kier alpha value is -0.680. The van der Waals surface area contributed by atoms with E-state index in [-0.39, 0.29) is 11.8 Å². The summed E-state index contributed by atoms with van der Waals surface area (Å²) in [5, 5.41) is 14.7. The number of rotatable bonds is 3. The summed E-state index contributed by atoms with van der Waals surface area (Å²) < 4.78 is 2.35. The van der Waals surface area contributed by atoms with Gasteiger partial charge in [0.05, 0.1) is 10.7 Å². The highest BCUT2D eigenvalue weighted by Gasteiger charge is 2.40. The van der Waals surface area contributed by atoms with Gasteiger partial charge in [0, 0.05) is 6.04 Å². The first kappa shape index (κ1) is 13.7. The van der Waals surface area contributed by atoms with E-state index in [0.717, 1.165) is 19.3 Å². The smallest absolute Gasteiger partial charge is 0.213 e. The van der Waals surface area contributed by atoms with Gasteiger partial charge in [-0.15, -0.1) is 0 Å². The third kappa shape index (κ3) is 2.38. The SMILES string of the molecule is CC(C)n1ncc(Br)c1C(=O)C1(O)CCCCC1. The molecule has 1 fully saturated rings.